The van der Waals surface area contributed by atoms with Crippen LogP contribution in [0.5, 0.6) is 0 Å². The molecule has 0 saturated carbocycles. The number of carbonyl (C=O) groups is 1. The lowest BCUT2D eigenvalue weighted by Gasteiger charge is -2.18. The molecule has 98 valence electrons. The molecule has 1 saturated heterocycles. The lowest BCUT2D eigenvalue weighted by Crippen LogP contribution is -2.23. The summed E-state index contributed by atoms with van der Waals surface area (Å²) in [7, 11) is 0. The molecule has 18 heavy (non-hydrogen) atoms. The number of cyclic esters (lactones) is 1. The smallest absolute Gasteiger partial charge is 0.414 e. The molecule has 2 rings (SSSR count). The zero-order valence-electron chi connectivity index (χ0n) is 11.0. The molecule has 1 aliphatic heterocycles. The highest BCUT2D eigenvalue weighted by Gasteiger charge is 2.23. The first-order valence-electron chi connectivity index (χ1n) is 6.55. The van der Waals surface area contributed by atoms with Crippen LogP contribution in [0.25, 0.3) is 0 Å². The number of amides is 1. The minimum atomic E-state index is -0.255. The predicted octanol–water partition coefficient (Wildman–Crippen LogP) is 3.24. The van der Waals surface area contributed by atoms with Gasteiger partial charge in [-0.15, -0.1) is 0 Å². The number of carbonyl (C=O) groups excluding carboxylic acids is 1. The molecule has 1 amide bonds. The van der Waals surface area contributed by atoms with E-state index in [9.17, 15) is 4.79 Å². The van der Waals surface area contributed by atoms with Gasteiger partial charge >= 0.3 is 6.09 Å². The fourth-order valence-corrected chi connectivity index (χ4v) is 2.12. The Hall–Kier alpha value is -1.71. The second-order valence-electron chi connectivity index (χ2n) is 4.47. The third kappa shape index (κ3) is 2.75. The summed E-state index contributed by atoms with van der Waals surface area (Å²) in [4.78, 5) is 13.2. The van der Waals surface area contributed by atoms with Crippen LogP contribution in [0, 0.1) is 0 Å². The number of benzene rings is 1. The third-order valence-corrected chi connectivity index (χ3v) is 3.28. The van der Waals surface area contributed by atoms with E-state index in [1.165, 1.54) is 0 Å². The number of nitrogens with zero attached hydrogens (tertiary/aromatic N) is 1. The molecule has 1 aromatic carbocycles. The summed E-state index contributed by atoms with van der Waals surface area (Å²) < 4.78 is 4.95. The van der Waals surface area contributed by atoms with E-state index < -0.39 is 0 Å². The number of hydrogen-bond donors (Lipinski definition) is 1. The Balaban J connectivity index is 2.12. The zero-order chi connectivity index (χ0) is 13.0. The van der Waals surface area contributed by atoms with Crippen molar-refractivity contribution in [2.24, 2.45) is 0 Å². The van der Waals surface area contributed by atoms with E-state index in [2.05, 4.69) is 19.2 Å². The molecule has 1 heterocycles. The van der Waals surface area contributed by atoms with Crippen LogP contribution in [0.4, 0.5) is 16.2 Å². The molecule has 0 unspecified atom stereocenters. The number of ether oxygens (including phenoxy) is 1. The van der Waals surface area contributed by atoms with Crippen LogP contribution in [0.2, 0.25) is 0 Å². The van der Waals surface area contributed by atoms with E-state index in [0.29, 0.717) is 19.2 Å². The highest BCUT2D eigenvalue weighted by molar-refractivity contribution is 5.89. The molecular formula is C14H20N2O2. The van der Waals surface area contributed by atoms with Crippen molar-refractivity contribution in [1.29, 1.82) is 0 Å². The molecule has 1 N–H and O–H groups in total. The molecule has 1 aliphatic rings. The van der Waals surface area contributed by atoms with Gasteiger partial charge in [-0.25, -0.2) is 4.79 Å². The zero-order valence-corrected chi connectivity index (χ0v) is 11.0. The largest absolute Gasteiger partial charge is 0.447 e. The summed E-state index contributed by atoms with van der Waals surface area (Å²) in [6.45, 7) is 5.45. The monoisotopic (exact) mass is 248 g/mol. The molecule has 0 radical (unpaired) electrons. The van der Waals surface area contributed by atoms with Gasteiger partial charge in [-0.1, -0.05) is 19.9 Å². The van der Waals surface area contributed by atoms with Gasteiger partial charge in [0.05, 0.1) is 6.54 Å². The van der Waals surface area contributed by atoms with Gasteiger partial charge in [-0.3, -0.25) is 4.90 Å². The van der Waals surface area contributed by atoms with Crippen LogP contribution in [-0.4, -0.2) is 25.3 Å². The van der Waals surface area contributed by atoms with Gasteiger partial charge in [0.2, 0.25) is 0 Å². The van der Waals surface area contributed by atoms with Crippen molar-refractivity contribution in [2.45, 2.75) is 32.7 Å². The topological polar surface area (TPSA) is 41.6 Å². The number of nitrogens with one attached hydrogen (secondary N) is 1. The normalized spacial score (nSPS) is 15.1. The first kappa shape index (κ1) is 12.7. The van der Waals surface area contributed by atoms with Crippen molar-refractivity contribution in [3.8, 4) is 0 Å². The van der Waals surface area contributed by atoms with E-state index in [4.69, 9.17) is 4.74 Å². The minimum Gasteiger partial charge on any atom is -0.447 e. The lowest BCUT2D eigenvalue weighted by atomic mass is 10.1. The average Bonchev–Trinajstić information content (AvgIpc) is 2.82. The Bertz CT molecular complexity index is 416. The van der Waals surface area contributed by atoms with Crippen molar-refractivity contribution < 1.29 is 9.53 Å². The van der Waals surface area contributed by atoms with Crippen LogP contribution >= 0.6 is 0 Å². The second-order valence-corrected chi connectivity index (χ2v) is 4.47. The Morgan fingerprint density at radius 3 is 2.78 bits per heavy atom. The second kappa shape index (κ2) is 5.76. The maximum Gasteiger partial charge on any atom is 0.414 e. The van der Waals surface area contributed by atoms with Crippen LogP contribution < -0.4 is 10.2 Å². The Kier molecular flexibility index (Phi) is 4.07. The summed E-state index contributed by atoms with van der Waals surface area (Å²) in [5.74, 6) is 0. The summed E-state index contributed by atoms with van der Waals surface area (Å²) >= 11 is 0. The summed E-state index contributed by atoms with van der Waals surface area (Å²) in [5, 5.41) is 3.48. The van der Waals surface area contributed by atoms with Gasteiger partial charge in [0.25, 0.3) is 0 Å². The van der Waals surface area contributed by atoms with Gasteiger partial charge in [-0.2, -0.15) is 0 Å². The molecule has 0 bridgehead atoms. The molecule has 4 heteroatoms. The van der Waals surface area contributed by atoms with Crippen LogP contribution in [0.1, 0.15) is 26.7 Å². The van der Waals surface area contributed by atoms with E-state index in [1.54, 1.807) is 4.90 Å². The first-order chi connectivity index (χ1) is 8.74. The van der Waals surface area contributed by atoms with Crippen LogP contribution in [0.3, 0.4) is 0 Å². The molecule has 4 nitrogen and oxygen atoms in total. The Labute approximate surface area is 108 Å². The van der Waals surface area contributed by atoms with Crippen molar-refractivity contribution in [2.75, 3.05) is 23.4 Å². The minimum absolute atomic E-state index is 0.255. The van der Waals surface area contributed by atoms with Crippen molar-refractivity contribution in [1.82, 2.24) is 0 Å². The van der Waals surface area contributed by atoms with E-state index in [-0.39, 0.29) is 6.09 Å². The number of hydrogen-bond acceptors (Lipinski definition) is 3. The van der Waals surface area contributed by atoms with Gasteiger partial charge in [0, 0.05) is 17.4 Å². The van der Waals surface area contributed by atoms with Gasteiger partial charge in [-0.05, 0) is 31.0 Å². The summed E-state index contributed by atoms with van der Waals surface area (Å²) in [6.07, 6.45) is 1.92. The fraction of sp³-hybridized carbons (Fsp3) is 0.500. The molecule has 1 fully saturated rings. The van der Waals surface area contributed by atoms with E-state index in [1.807, 2.05) is 24.3 Å². The van der Waals surface area contributed by atoms with Crippen molar-refractivity contribution in [3.05, 3.63) is 24.3 Å². The van der Waals surface area contributed by atoms with Crippen LogP contribution in [-0.2, 0) is 4.74 Å². The van der Waals surface area contributed by atoms with Crippen molar-refractivity contribution in [3.63, 3.8) is 0 Å². The number of rotatable bonds is 5. The highest BCUT2D eigenvalue weighted by Crippen LogP contribution is 2.23. The number of anilines is 2. The predicted molar refractivity (Wildman–Crippen MR) is 73.1 cm³/mol. The standard InChI is InChI=1S/C14H20N2O2/c1-3-11(4-2)15-12-6-5-7-13(10-12)16-8-9-18-14(16)17/h5-7,10-11,15H,3-4,8-9H2,1-2H3. The fourth-order valence-electron chi connectivity index (χ4n) is 2.12. The highest BCUT2D eigenvalue weighted by atomic mass is 16.6. The maximum atomic E-state index is 11.5. The quantitative estimate of drug-likeness (QED) is 0.869. The lowest BCUT2D eigenvalue weighted by molar-refractivity contribution is 0.181. The van der Waals surface area contributed by atoms with Crippen molar-refractivity contribution >= 4 is 17.5 Å². The molecule has 0 aliphatic carbocycles. The van der Waals surface area contributed by atoms with E-state index >= 15 is 0 Å². The molecule has 0 spiro atoms. The molecule has 1 aromatic rings. The van der Waals surface area contributed by atoms with Gasteiger partial charge < -0.3 is 10.1 Å². The molecular weight excluding hydrogens is 228 g/mol. The Morgan fingerprint density at radius 1 is 1.39 bits per heavy atom. The molecule has 0 atom stereocenters. The van der Waals surface area contributed by atoms with Gasteiger partial charge in [0.15, 0.2) is 0 Å². The first-order valence-corrected chi connectivity index (χ1v) is 6.55. The molecule has 0 aromatic heterocycles. The van der Waals surface area contributed by atoms with Gasteiger partial charge in [0.1, 0.15) is 6.61 Å². The summed E-state index contributed by atoms with van der Waals surface area (Å²) in [5.41, 5.74) is 1.95. The van der Waals surface area contributed by atoms with E-state index in [0.717, 1.165) is 24.2 Å². The van der Waals surface area contributed by atoms with Crippen LogP contribution in [0.15, 0.2) is 24.3 Å². The SMILES string of the molecule is CCC(CC)Nc1cccc(N2CCOC2=O)c1. The maximum absolute atomic E-state index is 11.5. The third-order valence-electron chi connectivity index (χ3n) is 3.28. The summed E-state index contributed by atoms with van der Waals surface area (Å²) in [6, 6.07) is 8.41. The average molecular weight is 248 g/mol. The Morgan fingerprint density at radius 2 is 2.17 bits per heavy atom.